The average molecular weight is 334 g/mol. The van der Waals surface area contributed by atoms with E-state index in [0.29, 0.717) is 12.2 Å². The topological polar surface area (TPSA) is 63.6 Å². The van der Waals surface area contributed by atoms with Gasteiger partial charge >= 0.3 is 5.97 Å². The van der Waals surface area contributed by atoms with Gasteiger partial charge in [0.1, 0.15) is 5.75 Å². The van der Waals surface area contributed by atoms with Crippen LogP contribution in [0.5, 0.6) is 5.75 Å². The summed E-state index contributed by atoms with van der Waals surface area (Å²) in [5.74, 6) is -0.259. The van der Waals surface area contributed by atoms with Gasteiger partial charge in [-0.3, -0.25) is 9.59 Å². The molecule has 1 rings (SSSR count). The Bertz CT molecular complexity index is 581. The van der Waals surface area contributed by atoms with Crippen molar-refractivity contribution in [3.05, 3.63) is 28.8 Å². The molecule has 0 amide bonds. The van der Waals surface area contributed by atoms with Crippen molar-refractivity contribution in [2.24, 2.45) is 0 Å². The number of carbonyl (C=O) groups is 2. The van der Waals surface area contributed by atoms with Crippen molar-refractivity contribution >= 4 is 11.8 Å². The molecule has 0 spiro atoms. The van der Waals surface area contributed by atoms with Gasteiger partial charge in [0.05, 0.1) is 13.0 Å². The van der Waals surface area contributed by atoms with Crippen LogP contribution in [-0.2, 0) is 15.6 Å². The lowest BCUT2D eigenvalue weighted by Crippen LogP contribution is -2.21. The minimum Gasteiger partial charge on any atom is -0.493 e. The zero-order chi connectivity index (χ0) is 18.7. The van der Waals surface area contributed by atoms with Gasteiger partial charge in [-0.05, 0) is 29.9 Å². The molecule has 0 fully saturated rings. The third kappa shape index (κ3) is 5.08. The van der Waals surface area contributed by atoms with E-state index < -0.39 is 5.97 Å². The highest BCUT2D eigenvalue weighted by atomic mass is 16.5. The molecule has 1 aromatic rings. The number of aliphatic carboxylic acids is 1. The standard InChI is InChI=1S/C20H30O4/c1-8-24-18-14(19(2,3)4)11-13(12-15(18)20(5,6)7)16(21)9-10-17(22)23/h11-12H,8-10H2,1-7H3,(H,22,23). The van der Waals surface area contributed by atoms with Crippen LogP contribution in [0.15, 0.2) is 12.1 Å². The minimum atomic E-state index is -0.957. The van der Waals surface area contributed by atoms with E-state index in [1.165, 1.54) is 0 Å². The summed E-state index contributed by atoms with van der Waals surface area (Å²) in [6, 6.07) is 3.73. The summed E-state index contributed by atoms with van der Waals surface area (Å²) in [4.78, 5) is 23.2. The second-order valence-electron chi connectivity index (χ2n) is 8.15. The maximum atomic E-state index is 12.5. The van der Waals surface area contributed by atoms with E-state index in [4.69, 9.17) is 9.84 Å². The second kappa shape index (κ2) is 7.37. The van der Waals surface area contributed by atoms with Crippen molar-refractivity contribution in [2.75, 3.05) is 6.61 Å². The molecule has 0 saturated heterocycles. The molecule has 24 heavy (non-hydrogen) atoms. The SMILES string of the molecule is CCOc1c(C(C)(C)C)cc(C(=O)CCC(=O)O)cc1C(C)(C)C. The van der Waals surface area contributed by atoms with Crippen LogP contribution in [0.25, 0.3) is 0 Å². The third-order valence-electron chi connectivity index (χ3n) is 3.88. The van der Waals surface area contributed by atoms with Crippen LogP contribution >= 0.6 is 0 Å². The van der Waals surface area contributed by atoms with Gasteiger partial charge < -0.3 is 9.84 Å². The molecule has 134 valence electrons. The van der Waals surface area contributed by atoms with E-state index in [0.717, 1.165) is 16.9 Å². The van der Waals surface area contributed by atoms with E-state index >= 15 is 0 Å². The smallest absolute Gasteiger partial charge is 0.303 e. The lowest BCUT2D eigenvalue weighted by atomic mass is 9.78. The molecule has 0 radical (unpaired) electrons. The van der Waals surface area contributed by atoms with E-state index in [1.807, 2.05) is 19.1 Å². The van der Waals surface area contributed by atoms with Crippen LogP contribution < -0.4 is 4.74 Å². The van der Waals surface area contributed by atoms with Gasteiger partial charge in [-0.2, -0.15) is 0 Å². The van der Waals surface area contributed by atoms with Gasteiger partial charge in [-0.1, -0.05) is 41.5 Å². The van der Waals surface area contributed by atoms with E-state index in [9.17, 15) is 9.59 Å². The van der Waals surface area contributed by atoms with Crippen molar-refractivity contribution in [3.63, 3.8) is 0 Å². The quantitative estimate of drug-likeness (QED) is 0.764. The summed E-state index contributed by atoms with van der Waals surface area (Å²) in [7, 11) is 0. The molecule has 0 unspecified atom stereocenters. The van der Waals surface area contributed by atoms with Gasteiger partial charge in [0.15, 0.2) is 5.78 Å². The molecule has 0 bridgehead atoms. The Balaban J connectivity index is 3.53. The van der Waals surface area contributed by atoms with Gasteiger partial charge in [-0.15, -0.1) is 0 Å². The van der Waals surface area contributed by atoms with E-state index in [-0.39, 0.29) is 29.5 Å². The number of hydrogen-bond donors (Lipinski definition) is 1. The number of carbonyl (C=O) groups excluding carboxylic acids is 1. The van der Waals surface area contributed by atoms with Gasteiger partial charge in [0, 0.05) is 23.1 Å². The first-order valence-corrected chi connectivity index (χ1v) is 8.44. The van der Waals surface area contributed by atoms with E-state index in [2.05, 4.69) is 41.5 Å². The highest BCUT2D eigenvalue weighted by Gasteiger charge is 2.28. The fraction of sp³-hybridized carbons (Fsp3) is 0.600. The van der Waals surface area contributed by atoms with Crippen LogP contribution in [0.3, 0.4) is 0 Å². The minimum absolute atomic E-state index is 0.0104. The number of rotatable bonds is 6. The molecule has 4 nitrogen and oxygen atoms in total. The molecule has 1 aromatic carbocycles. The van der Waals surface area contributed by atoms with Crippen LogP contribution in [0.2, 0.25) is 0 Å². The molecule has 0 aliphatic heterocycles. The second-order valence-corrected chi connectivity index (χ2v) is 8.15. The lowest BCUT2D eigenvalue weighted by molar-refractivity contribution is -0.136. The summed E-state index contributed by atoms with van der Waals surface area (Å²) in [5.41, 5.74) is 2.15. The van der Waals surface area contributed by atoms with Crippen LogP contribution in [0.4, 0.5) is 0 Å². The zero-order valence-electron chi connectivity index (χ0n) is 15.9. The Labute approximate surface area is 145 Å². The molecule has 4 heteroatoms. The first-order chi connectivity index (χ1) is 10.9. The monoisotopic (exact) mass is 334 g/mol. The maximum Gasteiger partial charge on any atom is 0.303 e. The van der Waals surface area contributed by atoms with Crippen molar-refractivity contribution in [1.29, 1.82) is 0 Å². The van der Waals surface area contributed by atoms with Crippen molar-refractivity contribution in [3.8, 4) is 5.75 Å². The molecular formula is C20H30O4. The number of hydrogen-bond acceptors (Lipinski definition) is 3. The third-order valence-corrected chi connectivity index (χ3v) is 3.88. The summed E-state index contributed by atoms with van der Waals surface area (Å²) in [6.07, 6.45) is -0.141. The summed E-state index contributed by atoms with van der Waals surface area (Å²) in [6.45, 7) is 15.0. The average Bonchev–Trinajstić information content (AvgIpc) is 2.42. The fourth-order valence-corrected chi connectivity index (χ4v) is 2.57. The molecule has 0 aliphatic carbocycles. The molecular weight excluding hydrogens is 304 g/mol. The predicted octanol–water partition coefficient (Wildman–Crippen LogP) is 4.73. The molecule has 0 aliphatic rings. The van der Waals surface area contributed by atoms with Crippen LogP contribution in [0, 0.1) is 0 Å². The highest BCUT2D eigenvalue weighted by Crippen LogP contribution is 2.41. The van der Waals surface area contributed by atoms with Gasteiger partial charge in [-0.25, -0.2) is 0 Å². The molecule has 0 saturated carbocycles. The largest absolute Gasteiger partial charge is 0.493 e. The molecule has 0 atom stereocenters. The lowest BCUT2D eigenvalue weighted by Gasteiger charge is -2.30. The molecule has 0 heterocycles. The summed E-state index contributed by atoms with van der Waals surface area (Å²) < 4.78 is 5.95. The Kier molecular flexibility index (Phi) is 6.20. The number of ketones is 1. The zero-order valence-corrected chi connectivity index (χ0v) is 15.9. The Hall–Kier alpha value is -1.84. The van der Waals surface area contributed by atoms with Crippen molar-refractivity contribution in [2.45, 2.75) is 72.1 Å². The Morgan fingerprint density at radius 2 is 1.42 bits per heavy atom. The molecule has 1 N–H and O–H groups in total. The van der Waals surface area contributed by atoms with E-state index in [1.54, 1.807) is 0 Å². The first kappa shape index (κ1) is 20.2. The Morgan fingerprint density at radius 1 is 0.958 bits per heavy atom. The Morgan fingerprint density at radius 3 is 1.75 bits per heavy atom. The highest BCUT2D eigenvalue weighted by molar-refractivity contribution is 5.98. The van der Waals surface area contributed by atoms with Gasteiger partial charge in [0.2, 0.25) is 0 Å². The number of carboxylic acid groups (broad SMARTS) is 1. The maximum absolute atomic E-state index is 12.5. The van der Waals surface area contributed by atoms with Crippen LogP contribution in [-0.4, -0.2) is 23.5 Å². The molecule has 0 aromatic heterocycles. The normalized spacial score (nSPS) is 12.1. The first-order valence-electron chi connectivity index (χ1n) is 8.44. The summed E-state index contributed by atoms with van der Waals surface area (Å²) in [5, 5.41) is 8.82. The predicted molar refractivity (Wildman–Crippen MR) is 96.2 cm³/mol. The van der Waals surface area contributed by atoms with Gasteiger partial charge in [0.25, 0.3) is 0 Å². The van der Waals surface area contributed by atoms with Crippen molar-refractivity contribution < 1.29 is 19.4 Å². The number of carboxylic acids is 1. The van der Waals surface area contributed by atoms with Crippen LogP contribution in [0.1, 0.15) is 82.8 Å². The fourth-order valence-electron chi connectivity index (χ4n) is 2.57. The summed E-state index contributed by atoms with van der Waals surface area (Å²) >= 11 is 0. The number of ether oxygens (including phenoxy) is 1. The number of benzene rings is 1. The van der Waals surface area contributed by atoms with Crippen molar-refractivity contribution in [1.82, 2.24) is 0 Å². The number of Topliss-reactive ketones (excluding diaryl/α,β-unsaturated/α-hetero) is 1.